The molecule has 4 rings (SSSR count). The summed E-state index contributed by atoms with van der Waals surface area (Å²) in [6, 6.07) is 14.5. The fourth-order valence-electron chi connectivity index (χ4n) is 4.18. The van der Waals surface area contributed by atoms with E-state index < -0.39 is 28.9 Å². The molecule has 42 heavy (non-hydrogen) atoms. The number of alkyl carbamates (subject to hydrolysis) is 1. The summed E-state index contributed by atoms with van der Waals surface area (Å²) in [4.78, 5) is 54.5. The Bertz CT molecular complexity index is 1700. The first-order chi connectivity index (χ1) is 19.7. The summed E-state index contributed by atoms with van der Waals surface area (Å²) in [5.74, 6) is -0.824. The number of nitrogens with one attached hydrogen (secondary N) is 3. The molecule has 2 aromatic heterocycles. The Morgan fingerprint density at radius 1 is 1.00 bits per heavy atom. The molecule has 11 heteroatoms. The third kappa shape index (κ3) is 7.61. The molecule has 0 radical (unpaired) electrons. The van der Waals surface area contributed by atoms with Crippen molar-refractivity contribution in [1.29, 1.82) is 0 Å². The van der Waals surface area contributed by atoms with Crippen LogP contribution < -0.4 is 21.5 Å². The summed E-state index contributed by atoms with van der Waals surface area (Å²) >= 11 is 1.25. The van der Waals surface area contributed by atoms with Gasteiger partial charge in [-0.3, -0.25) is 14.4 Å². The first-order valence-electron chi connectivity index (χ1n) is 13.4. The SMILES string of the molecule is Cn1ccc2ccc(-c3csc(NC(=O)CNC(=O)c4cccc(C(C)(C)CNC(=O)OC(C)(C)C)c4)n3)cc2c1=O. The number of aromatic nitrogens is 2. The number of carbonyl (C=O) groups is 3. The van der Waals surface area contributed by atoms with E-state index in [2.05, 4.69) is 20.9 Å². The van der Waals surface area contributed by atoms with Gasteiger partial charge in [0.2, 0.25) is 5.91 Å². The van der Waals surface area contributed by atoms with Crippen LogP contribution in [0.3, 0.4) is 0 Å². The van der Waals surface area contributed by atoms with Crippen molar-refractivity contribution in [2.24, 2.45) is 7.05 Å². The van der Waals surface area contributed by atoms with Crippen LogP contribution in [0.4, 0.5) is 9.93 Å². The standard InChI is InChI=1S/C31H35N5O5S/c1-30(2,3)41-29(40)33-18-31(4,5)22-9-7-8-21(14-22)26(38)32-16-25(37)35-28-34-24(17-42-28)20-11-10-19-12-13-36(6)27(39)23(19)15-20/h7-15,17H,16,18H2,1-6H3,(H,32,38)(H,33,40)(H,34,35,37). The molecule has 0 unspecified atom stereocenters. The average Bonchev–Trinajstić information content (AvgIpc) is 3.40. The van der Waals surface area contributed by atoms with Gasteiger partial charge in [0.1, 0.15) is 5.60 Å². The van der Waals surface area contributed by atoms with Crippen molar-refractivity contribution >= 4 is 45.1 Å². The quantitative estimate of drug-likeness (QED) is 0.270. The lowest BCUT2D eigenvalue weighted by Gasteiger charge is -2.27. The van der Waals surface area contributed by atoms with E-state index in [0.717, 1.165) is 16.5 Å². The first kappa shape index (κ1) is 30.4. The minimum Gasteiger partial charge on any atom is -0.444 e. The molecule has 0 spiro atoms. The van der Waals surface area contributed by atoms with E-state index in [1.165, 1.54) is 15.9 Å². The molecule has 0 fully saturated rings. The third-order valence-electron chi connectivity index (χ3n) is 6.52. The van der Waals surface area contributed by atoms with Crippen LogP contribution in [0.5, 0.6) is 0 Å². The molecule has 0 saturated carbocycles. The Morgan fingerprint density at radius 2 is 1.76 bits per heavy atom. The molecule has 220 valence electrons. The van der Waals surface area contributed by atoms with E-state index in [0.29, 0.717) is 28.3 Å². The van der Waals surface area contributed by atoms with Gasteiger partial charge in [-0.1, -0.05) is 38.1 Å². The number of thiazole rings is 1. The highest BCUT2D eigenvalue weighted by Gasteiger charge is 2.24. The summed E-state index contributed by atoms with van der Waals surface area (Å²) in [6.07, 6.45) is 1.22. The van der Waals surface area contributed by atoms with Gasteiger partial charge >= 0.3 is 6.09 Å². The normalized spacial score (nSPS) is 11.7. The fraction of sp³-hybridized carbons (Fsp3) is 0.323. The topological polar surface area (TPSA) is 131 Å². The van der Waals surface area contributed by atoms with Crippen molar-refractivity contribution in [1.82, 2.24) is 20.2 Å². The number of benzene rings is 2. The van der Waals surface area contributed by atoms with Crippen LogP contribution in [0.1, 0.15) is 50.5 Å². The number of fused-ring (bicyclic) bond motifs is 1. The molecular formula is C31H35N5O5S. The molecule has 4 aromatic rings. The molecule has 0 atom stereocenters. The van der Waals surface area contributed by atoms with E-state index in [1.807, 2.05) is 38.1 Å². The van der Waals surface area contributed by atoms with Crippen LogP contribution in [0.15, 0.2) is 64.9 Å². The minimum absolute atomic E-state index is 0.0968. The second-order valence-electron chi connectivity index (χ2n) is 11.6. The number of hydrogen-bond donors (Lipinski definition) is 3. The summed E-state index contributed by atoms with van der Waals surface area (Å²) in [5.41, 5.74) is 1.46. The molecule has 3 N–H and O–H groups in total. The zero-order valence-electron chi connectivity index (χ0n) is 24.5. The van der Waals surface area contributed by atoms with Gasteiger partial charge in [-0.25, -0.2) is 9.78 Å². The predicted molar refractivity (Wildman–Crippen MR) is 165 cm³/mol. The lowest BCUT2D eigenvalue weighted by Crippen LogP contribution is -2.40. The fourth-order valence-corrected chi connectivity index (χ4v) is 4.91. The van der Waals surface area contributed by atoms with Crippen LogP contribution in [0.25, 0.3) is 22.0 Å². The molecule has 3 amide bonds. The van der Waals surface area contributed by atoms with Crippen LogP contribution in [-0.2, 0) is 22.0 Å². The van der Waals surface area contributed by atoms with Gasteiger partial charge in [0, 0.05) is 47.1 Å². The van der Waals surface area contributed by atoms with Gasteiger partial charge in [-0.05, 0) is 56.0 Å². The second-order valence-corrected chi connectivity index (χ2v) is 12.5. The van der Waals surface area contributed by atoms with E-state index >= 15 is 0 Å². The summed E-state index contributed by atoms with van der Waals surface area (Å²) in [6.45, 7) is 9.36. The van der Waals surface area contributed by atoms with E-state index in [4.69, 9.17) is 4.74 Å². The number of aryl methyl sites for hydroxylation is 1. The number of amides is 3. The van der Waals surface area contributed by atoms with Crippen LogP contribution >= 0.6 is 11.3 Å². The monoisotopic (exact) mass is 589 g/mol. The maximum absolute atomic E-state index is 12.8. The van der Waals surface area contributed by atoms with E-state index in [-0.39, 0.29) is 12.1 Å². The minimum atomic E-state index is -0.598. The molecule has 2 aromatic carbocycles. The van der Waals surface area contributed by atoms with Crippen molar-refractivity contribution in [3.8, 4) is 11.3 Å². The van der Waals surface area contributed by atoms with E-state index in [1.54, 1.807) is 63.7 Å². The van der Waals surface area contributed by atoms with Gasteiger partial charge in [-0.15, -0.1) is 11.3 Å². The molecule has 0 aliphatic carbocycles. The van der Waals surface area contributed by atoms with Crippen LogP contribution in [0.2, 0.25) is 0 Å². The maximum atomic E-state index is 12.8. The largest absolute Gasteiger partial charge is 0.444 e. The predicted octanol–water partition coefficient (Wildman–Crippen LogP) is 4.83. The summed E-state index contributed by atoms with van der Waals surface area (Å²) in [7, 11) is 1.70. The maximum Gasteiger partial charge on any atom is 0.407 e. The smallest absolute Gasteiger partial charge is 0.407 e. The molecule has 0 aliphatic rings. The lowest BCUT2D eigenvalue weighted by molar-refractivity contribution is -0.115. The van der Waals surface area contributed by atoms with Gasteiger partial charge in [0.25, 0.3) is 11.5 Å². The third-order valence-corrected chi connectivity index (χ3v) is 7.28. The Morgan fingerprint density at radius 3 is 2.50 bits per heavy atom. The van der Waals surface area contributed by atoms with Crippen molar-refractivity contribution in [2.75, 3.05) is 18.4 Å². The van der Waals surface area contributed by atoms with E-state index in [9.17, 15) is 19.2 Å². The number of carbonyl (C=O) groups excluding carboxylic acids is 3. The Hall–Kier alpha value is -4.51. The summed E-state index contributed by atoms with van der Waals surface area (Å²) in [5, 5.41) is 11.7. The number of ether oxygens (including phenoxy) is 1. The van der Waals surface area contributed by atoms with Crippen LogP contribution in [-0.4, -0.2) is 46.1 Å². The van der Waals surface area contributed by atoms with Crippen molar-refractivity contribution in [3.05, 3.63) is 81.6 Å². The lowest BCUT2D eigenvalue weighted by atomic mass is 9.84. The zero-order chi connectivity index (χ0) is 30.7. The van der Waals surface area contributed by atoms with Gasteiger partial charge < -0.3 is 25.3 Å². The highest BCUT2D eigenvalue weighted by atomic mass is 32.1. The zero-order valence-corrected chi connectivity index (χ0v) is 25.3. The molecule has 0 saturated heterocycles. The molecular weight excluding hydrogens is 554 g/mol. The molecule has 0 aliphatic heterocycles. The molecule has 0 bridgehead atoms. The number of rotatable bonds is 8. The molecule has 2 heterocycles. The Labute approximate surface area is 248 Å². The van der Waals surface area contributed by atoms with Gasteiger partial charge in [0.15, 0.2) is 5.13 Å². The number of anilines is 1. The molecule has 10 nitrogen and oxygen atoms in total. The van der Waals surface area contributed by atoms with Gasteiger partial charge in [0.05, 0.1) is 12.2 Å². The summed E-state index contributed by atoms with van der Waals surface area (Å²) < 4.78 is 6.83. The van der Waals surface area contributed by atoms with Crippen molar-refractivity contribution in [2.45, 2.75) is 45.6 Å². The van der Waals surface area contributed by atoms with Gasteiger partial charge in [-0.2, -0.15) is 0 Å². The highest BCUT2D eigenvalue weighted by Crippen LogP contribution is 2.27. The van der Waals surface area contributed by atoms with Crippen LogP contribution in [0, 0.1) is 0 Å². The second kappa shape index (κ2) is 12.2. The number of nitrogens with zero attached hydrogens (tertiary/aromatic N) is 2. The first-order valence-corrected chi connectivity index (χ1v) is 14.3. The number of hydrogen-bond acceptors (Lipinski definition) is 7. The number of pyridine rings is 1. The van der Waals surface area contributed by atoms with Crippen molar-refractivity contribution < 1.29 is 19.1 Å². The Kier molecular flexibility index (Phi) is 8.81. The Balaban J connectivity index is 1.34. The average molecular weight is 590 g/mol. The van der Waals surface area contributed by atoms with Crippen molar-refractivity contribution in [3.63, 3.8) is 0 Å². The highest BCUT2D eigenvalue weighted by molar-refractivity contribution is 7.14.